The van der Waals surface area contributed by atoms with E-state index < -0.39 is 0 Å². The Morgan fingerprint density at radius 2 is 1.90 bits per heavy atom. The van der Waals surface area contributed by atoms with Crippen LogP contribution in [0.25, 0.3) is 0 Å². The number of rotatable bonds is 8. The fourth-order valence-electron chi connectivity index (χ4n) is 2.90. The zero-order chi connectivity index (χ0) is 20.6. The minimum atomic E-state index is -0.216. The third-order valence-corrected chi connectivity index (χ3v) is 5.36. The lowest BCUT2D eigenvalue weighted by Crippen LogP contribution is -2.30. The van der Waals surface area contributed by atoms with Gasteiger partial charge in [-0.15, -0.1) is 0 Å². The van der Waals surface area contributed by atoms with E-state index in [2.05, 4.69) is 20.5 Å². The maximum atomic E-state index is 12.9. The minimum Gasteiger partial charge on any atom is -0.339 e. The second kappa shape index (κ2) is 9.88. The number of anilines is 1. The fraction of sp³-hybridized carbons (Fsp3) is 0.238. The molecule has 0 radical (unpaired) electrons. The molecule has 2 N–H and O–H groups in total. The molecule has 3 aromatic rings. The number of hydrogen-bond donors (Lipinski definition) is 2. The highest BCUT2D eigenvalue weighted by atomic mass is 32.2. The summed E-state index contributed by atoms with van der Waals surface area (Å²) in [6.45, 7) is 5.17. The summed E-state index contributed by atoms with van der Waals surface area (Å²) in [5.41, 5.74) is 2.62. The van der Waals surface area contributed by atoms with Gasteiger partial charge >= 0.3 is 0 Å². The molecule has 150 valence electrons. The topological polar surface area (TPSA) is 91.0 Å². The van der Waals surface area contributed by atoms with Crippen molar-refractivity contribution in [3.8, 4) is 0 Å². The second-order valence-corrected chi connectivity index (χ2v) is 7.21. The van der Waals surface area contributed by atoms with E-state index >= 15 is 0 Å². The molecule has 0 atom stereocenters. The van der Waals surface area contributed by atoms with Crippen LogP contribution >= 0.6 is 11.8 Å². The number of carbonyl (C=O) groups excluding carboxylic acids is 2. The normalized spacial score (nSPS) is 10.6. The van der Waals surface area contributed by atoms with Gasteiger partial charge in [0.25, 0.3) is 11.8 Å². The van der Waals surface area contributed by atoms with Crippen molar-refractivity contribution in [1.29, 1.82) is 0 Å². The van der Waals surface area contributed by atoms with E-state index in [1.807, 2.05) is 32.0 Å². The predicted molar refractivity (Wildman–Crippen MR) is 114 cm³/mol. The molecule has 2 aromatic carbocycles. The third-order valence-electron chi connectivity index (χ3n) is 4.44. The van der Waals surface area contributed by atoms with Crippen LogP contribution in [-0.2, 0) is 5.75 Å². The zero-order valence-electron chi connectivity index (χ0n) is 16.4. The molecule has 0 saturated carbocycles. The summed E-state index contributed by atoms with van der Waals surface area (Å²) < 4.78 is 0. The minimum absolute atomic E-state index is 0.0463. The Bertz CT molecular complexity index is 971. The average molecular weight is 410 g/mol. The van der Waals surface area contributed by atoms with Crippen molar-refractivity contribution < 1.29 is 9.59 Å². The molecule has 0 unspecified atom stereocenters. The molecule has 0 bridgehead atoms. The van der Waals surface area contributed by atoms with Crippen LogP contribution in [0.3, 0.4) is 0 Å². The Balaban J connectivity index is 1.74. The number of carbonyl (C=O) groups is 2. The lowest BCUT2D eigenvalue weighted by atomic mass is 10.1. The van der Waals surface area contributed by atoms with E-state index in [1.54, 1.807) is 35.2 Å². The molecule has 0 saturated heterocycles. The zero-order valence-corrected chi connectivity index (χ0v) is 17.2. The lowest BCUT2D eigenvalue weighted by molar-refractivity contribution is 0.0772. The number of aromatic nitrogens is 3. The van der Waals surface area contributed by atoms with Crippen molar-refractivity contribution >= 4 is 29.3 Å². The van der Waals surface area contributed by atoms with Crippen LogP contribution in [0.2, 0.25) is 0 Å². The molecule has 0 aliphatic rings. The van der Waals surface area contributed by atoms with Gasteiger partial charge in [0.2, 0.25) is 0 Å². The molecule has 0 spiro atoms. The lowest BCUT2D eigenvalue weighted by Gasteiger charge is -2.19. The highest BCUT2D eigenvalue weighted by molar-refractivity contribution is 7.98. The molecular formula is C21H23N5O2S. The van der Waals surface area contributed by atoms with Crippen molar-refractivity contribution in [3.05, 3.63) is 71.5 Å². The first-order valence-corrected chi connectivity index (χ1v) is 10.4. The van der Waals surface area contributed by atoms with Gasteiger partial charge in [0.15, 0.2) is 5.16 Å². The van der Waals surface area contributed by atoms with Gasteiger partial charge in [0, 0.05) is 35.7 Å². The average Bonchev–Trinajstić information content (AvgIpc) is 3.27. The van der Waals surface area contributed by atoms with Gasteiger partial charge in [-0.3, -0.25) is 14.7 Å². The van der Waals surface area contributed by atoms with Crippen LogP contribution in [0.15, 0.2) is 60.0 Å². The number of benzene rings is 2. The summed E-state index contributed by atoms with van der Waals surface area (Å²) >= 11 is 1.47. The van der Waals surface area contributed by atoms with E-state index in [0.717, 1.165) is 5.56 Å². The first kappa shape index (κ1) is 20.6. The maximum Gasteiger partial charge on any atom is 0.255 e. The number of hydrogen-bond acceptors (Lipinski definition) is 5. The first-order chi connectivity index (χ1) is 14.1. The summed E-state index contributed by atoms with van der Waals surface area (Å²) in [4.78, 5) is 31.3. The molecule has 2 amide bonds. The Hall–Kier alpha value is -3.13. The van der Waals surface area contributed by atoms with Gasteiger partial charge in [-0.1, -0.05) is 36.0 Å². The molecule has 0 aliphatic heterocycles. The summed E-state index contributed by atoms with van der Waals surface area (Å²) in [7, 11) is 0. The molecule has 7 nitrogen and oxygen atoms in total. The summed E-state index contributed by atoms with van der Waals surface area (Å²) in [6.07, 6.45) is 1.45. The smallest absolute Gasteiger partial charge is 0.255 e. The number of nitrogens with zero attached hydrogens (tertiary/aromatic N) is 3. The largest absolute Gasteiger partial charge is 0.339 e. The monoisotopic (exact) mass is 409 g/mol. The number of H-pyrrole nitrogens is 1. The van der Waals surface area contributed by atoms with E-state index in [0.29, 0.717) is 40.8 Å². The van der Waals surface area contributed by atoms with Crippen LogP contribution in [-0.4, -0.2) is 45.0 Å². The Morgan fingerprint density at radius 3 is 2.62 bits per heavy atom. The van der Waals surface area contributed by atoms with E-state index in [4.69, 9.17) is 0 Å². The van der Waals surface area contributed by atoms with Crippen molar-refractivity contribution in [1.82, 2.24) is 20.1 Å². The molecule has 8 heteroatoms. The van der Waals surface area contributed by atoms with Crippen LogP contribution < -0.4 is 5.32 Å². The summed E-state index contributed by atoms with van der Waals surface area (Å²) in [5, 5.41) is 10.2. The van der Waals surface area contributed by atoms with Gasteiger partial charge in [0.05, 0.1) is 0 Å². The molecular weight excluding hydrogens is 386 g/mol. The predicted octanol–water partition coefficient (Wildman–Crippen LogP) is 3.83. The quantitative estimate of drug-likeness (QED) is 0.552. The fourth-order valence-corrected chi connectivity index (χ4v) is 3.68. The summed E-state index contributed by atoms with van der Waals surface area (Å²) in [5.74, 6) is 0.320. The molecule has 0 aliphatic carbocycles. The SMILES string of the molecule is CCN(CC)C(=O)c1cccc(NC(=O)c2ccccc2CSc2ncn[nH]2)c1. The van der Waals surface area contributed by atoms with Crippen molar-refractivity contribution in [2.24, 2.45) is 0 Å². The molecule has 1 aromatic heterocycles. The highest BCUT2D eigenvalue weighted by Gasteiger charge is 2.15. The number of thioether (sulfide) groups is 1. The van der Waals surface area contributed by atoms with Crippen LogP contribution in [0.4, 0.5) is 5.69 Å². The van der Waals surface area contributed by atoms with Gasteiger partial charge in [-0.25, -0.2) is 4.98 Å². The Morgan fingerprint density at radius 1 is 1.10 bits per heavy atom. The maximum absolute atomic E-state index is 12.9. The third kappa shape index (κ3) is 5.23. The number of amides is 2. The van der Waals surface area contributed by atoms with Gasteiger partial charge in [0.1, 0.15) is 6.33 Å². The van der Waals surface area contributed by atoms with Crippen molar-refractivity contribution in [2.75, 3.05) is 18.4 Å². The number of nitrogens with one attached hydrogen (secondary N) is 2. The van der Waals surface area contributed by atoms with Crippen LogP contribution in [0.5, 0.6) is 0 Å². The van der Waals surface area contributed by atoms with E-state index in [1.165, 1.54) is 18.1 Å². The Kier molecular flexibility index (Phi) is 7.02. The Labute approximate surface area is 173 Å². The molecule has 1 heterocycles. The van der Waals surface area contributed by atoms with Crippen LogP contribution in [0.1, 0.15) is 40.1 Å². The molecule has 0 fully saturated rings. The van der Waals surface area contributed by atoms with E-state index in [9.17, 15) is 9.59 Å². The molecule has 3 rings (SSSR count). The van der Waals surface area contributed by atoms with Crippen LogP contribution in [0, 0.1) is 0 Å². The van der Waals surface area contributed by atoms with Gasteiger partial charge in [-0.2, -0.15) is 5.10 Å². The van der Waals surface area contributed by atoms with Gasteiger partial charge < -0.3 is 10.2 Å². The number of aromatic amines is 1. The van der Waals surface area contributed by atoms with E-state index in [-0.39, 0.29) is 11.8 Å². The highest BCUT2D eigenvalue weighted by Crippen LogP contribution is 2.22. The summed E-state index contributed by atoms with van der Waals surface area (Å²) in [6, 6.07) is 14.5. The molecule has 29 heavy (non-hydrogen) atoms. The second-order valence-electron chi connectivity index (χ2n) is 6.25. The van der Waals surface area contributed by atoms with Gasteiger partial charge in [-0.05, 0) is 43.7 Å². The first-order valence-electron chi connectivity index (χ1n) is 9.39. The van der Waals surface area contributed by atoms with Crippen molar-refractivity contribution in [3.63, 3.8) is 0 Å². The standard InChI is InChI=1S/C21H23N5O2S/c1-3-26(4-2)20(28)15-9-7-10-17(12-15)24-19(27)18-11-6-5-8-16(18)13-29-21-22-14-23-25-21/h5-12,14H,3-4,13H2,1-2H3,(H,24,27)(H,22,23,25). The van der Waals surface area contributed by atoms with Crippen molar-refractivity contribution in [2.45, 2.75) is 24.8 Å².